The summed E-state index contributed by atoms with van der Waals surface area (Å²) in [4.78, 5) is 28.3. The number of nitrogens with one attached hydrogen (secondary N) is 1. The fourth-order valence-corrected chi connectivity index (χ4v) is 3.03. The van der Waals surface area contributed by atoms with E-state index in [1.54, 1.807) is 28.9 Å². The zero-order valence-corrected chi connectivity index (χ0v) is 12.6. The molecule has 0 aliphatic carbocycles. The van der Waals surface area contributed by atoms with Crippen LogP contribution in [0.5, 0.6) is 0 Å². The van der Waals surface area contributed by atoms with Gasteiger partial charge in [0.2, 0.25) is 0 Å². The zero-order valence-electron chi connectivity index (χ0n) is 11.8. The lowest BCUT2D eigenvalue weighted by atomic mass is 10.1. The van der Waals surface area contributed by atoms with Crippen LogP contribution in [0.4, 0.5) is 16.0 Å². The minimum absolute atomic E-state index is 0.0488. The molecule has 3 heterocycles. The molecule has 1 fully saturated rings. The molecule has 1 aliphatic rings. The molecule has 22 heavy (non-hydrogen) atoms. The van der Waals surface area contributed by atoms with Gasteiger partial charge in [-0.2, -0.15) is 5.10 Å². The number of piperidine rings is 1. The highest BCUT2D eigenvalue weighted by molar-refractivity contribution is 7.18. The van der Waals surface area contributed by atoms with E-state index in [4.69, 9.17) is 0 Å². The Morgan fingerprint density at radius 3 is 3.00 bits per heavy atom. The summed E-state index contributed by atoms with van der Waals surface area (Å²) in [6.07, 6.45) is 4.46. The highest BCUT2D eigenvalue weighted by Gasteiger charge is 2.31. The molecule has 10 heteroatoms. The van der Waals surface area contributed by atoms with Crippen LogP contribution in [0, 0.1) is 10.1 Å². The van der Waals surface area contributed by atoms with E-state index in [-0.39, 0.29) is 10.9 Å². The smallest absolute Gasteiger partial charge is 0.345 e. The van der Waals surface area contributed by atoms with Crippen molar-refractivity contribution in [3.05, 3.63) is 28.6 Å². The highest BCUT2D eigenvalue weighted by atomic mass is 32.1. The number of anilines is 2. The first-order valence-corrected chi connectivity index (χ1v) is 7.54. The van der Waals surface area contributed by atoms with E-state index in [0.717, 1.165) is 17.8 Å². The molecular formula is C12H14N6O3S. The van der Waals surface area contributed by atoms with Crippen LogP contribution < -0.4 is 10.2 Å². The van der Waals surface area contributed by atoms with Crippen molar-refractivity contribution in [3.8, 4) is 0 Å². The molecule has 0 radical (unpaired) electrons. The van der Waals surface area contributed by atoms with Gasteiger partial charge < -0.3 is 5.32 Å². The van der Waals surface area contributed by atoms with E-state index < -0.39 is 11.0 Å². The maximum Gasteiger partial charge on any atom is 0.345 e. The molecule has 0 spiro atoms. The first-order valence-electron chi connectivity index (χ1n) is 6.72. The molecule has 2 aromatic rings. The van der Waals surface area contributed by atoms with Gasteiger partial charge in [0.1, 0.15) is 12.2 Å². The van der Waals surface area contributed by atoms with Crippen LogP contribution in [-0.2, 0) is 11.8 Å². The Labute approximate surface area is 129 Å². The summed E-state index contributed by atoms with van der Waals surface area (Å²) < 4.78 is 1.64. The van der Waals surface area contributed by atoms with Gasteiger partial charge in [-0.15, -0.1) is 0 Å². The number of carbonyl (C=O) groups is 1. The third-order valence-corrected chi connectivity index (χ3v) is 4.27. The molecule has 0 aromatic carbocycles. The Morgan fingerprint density at radius 1 is 1.55 bits per heavy atom. The number of aryl methyl sites for hydroxylation is 1. The van der Waals surface area contributed by atoms with E-state index in [9.17, 15) is 14.9 Å². The van der Waals surface area contributed by atoms with Gasteiger partial charge in [0, 0.05) is 25.9 Å². The Hall–Kier alpha value is -2.49. The number of nitro groups is 1. The summed E-state index contributed by atoms with van der Waals surface area (Å²) >= 11 is 0.926. The molecule has 116 valence electrons. The Bertz CT molecular complexity index is 711. The summed E-state index contributed by atoms with van der Waals surface area (Å²) in [6.45, 7) is 0.617. The Kier molecular flexibility index (Phi) is 3.75. The number of amides is 1. The SMILES string of the molecule is Cn1ccc(N2CCC[C@@H](Nc3ncc([N+](=O)[O-])s3)C2=O)n1. The molecule has 0 saturated carbocycles. The quantitative estimate of drug-likeness (QED) is 0.673. The molecule has 0 unspecified atom stereocenters. The third kappa shape index (κ3) is 2.77. The van der Waals surface area contributed by atoms with Crippen molar-refractivity contribution in [2.24, 2.45) is 7.05 Å². The molecule has 1 atom stereocenters. The predicted molar refractivity (Wildman–Crippen MR) is 81.0 cm³/mol. The minimum Gasteiger partial charge on any atom is -0.350 e. The van der Waals surface area contributed by atoms with Gasteiger partial charge in [-0.25, -0.2) is 4.98 Å². The molecule has 1 saturated heterocycles. The highest BCUT2D eigenvalue weighted by Crippen LogP contribution is 2.27. The Morgan fingerprint density at radius 2 is 2.36 bits per heavy atom. The molecule has 3 rings (SSSR count). The molecule has 1 N–H and O–H groups in total. The van der Waals surface area contributed by atoms with Gasteiger partial charge in [-0.05, 0) is 24.2 Å². The number of hydrogen-bond donors (Lipinski definition) is 1. The first-order chi connectivity index (χ1) is 10.5. The third-order valence-electron chi connectivity index (χ3n) is 3.39. The van der Waals surface area contributed by atoms with Crippen molar-refractivity contribution in [3.63, 3.8) is 0 Å². The van der Waals surface area contributed by atoms with E-state index in [0.29, 0.717) is 23.9 Å². The molecule has 1 amide bonds. The molecular weight excluding hydrogens is 308 g/mol. The van der Waals surface area contributed by atoms with Gasteiger partial charge in [-0.1, -0.05) is 0 Å². The van der Waals surface area contributed by atoms with Gasteiger partial charge in [0.15, 0.2) is 10.9 Å². The zero-order chi connectivity index (χ0) is 15.7. The number of hydrogen-bond acceptors (Lipinski definition) is 7. The van der Waals surface area contributed by atoms with E-state index >= 15 is 0 Å². The van der Waals surface area contributed by atoms with Crippen molar-refractivity contribution in [2.45, 2.75) is 18.9 Å². The summed E-state index contributed by atoms with van der Waals surface area (Å²) in [5, 5.41) is 18.2. The number of nitrogens with zero attached hydrogens (tertiary/aromatic N) is 5. The predicted octanol–water partition coefficient (Wildman–Crippen LogP) is 1.39. The normalized spacial score (nSPS) is 18.5. The van der Waals surface area contributed by atoms with Crippen molar-refractivity contribution in [1.29, 1.82) is 0 Å². The van der Waals surface area contributed by atoms with Crippen LogP contribution in [0.25, 0.3) is 0 Å². The second-order valence-electron chi connectivity index (χ2n) is 4.94. The maximum absolute atomic E-state index is 12.5. The molecule has 0 bridgehead atoms. The standard InChI is InChI=1S/C12H14N6O3S/c1-16-6-4-9(15-16)17-5-2-3-8(11(17)19)14-12-13-7-10(22-12)18(20)21/h4,6-8H,2-3,5H2,1H3,(H,13,14)/t8-/m1/s1. The van der Waals surface area contributed by atoms with Crippen LogP contribution in [0.3, 0.4) is 0 Å². The minimum atomic E-state index is -0.494. The lowest BCUT2D eigenvalue weighted by molar-refractivity contribution is -0.380. The monoisotopic (exact) mass is 322 g/mol. The number of aromatic nitrogens is 3. The molecule has 9 nitrogen and oxygen atoms in total. The van der Waals surface area contributed by atoms with Crippen LogP contribution in [-0.4, -0.2) is 38.2 Å². The lowest BCUT2D eigenvalue weighted by Crippen LogP contribution is -2.48. The Balaban J connectivity index is 1.73. The summed E-state index contributed by atoms with van der Waals surface area (Å²) in [5.74, 6) is 0.520. The van der Waals surface area contributed by atoms with Gasteiger partial charge in [-0.3, -0.25) is 24.5 Å². The van der Waals surface area contributed by atoms with Crippen LogP contribution in [0.2, 0.25) is 0 Å². The second kappa shape index (κ2) is 5.72. The van der Waals surface area contributed by atoms with Crippen LogP contribution in [0.1, 0.15) is 12.8 Å². The average molecular weight is 322 g/mol. The van der Waals surface area contributed by atoms with Crippen molar-refractivity contribution in [1.82, 2.24) is 14.8 Å². The number of rotatable bonds is 4. The van der Waals surface area contributed by atoms with E-state index in [1.165, 1.54) is 6.20 Å². The first kappa shape index (κ1) is 14.4. The van der Waals surface area contributed by atoms with E-state index in [1.807, 2.05) is 0 Å². The van der Waals surface area contributed by atoms with Crippen LogP contribution in [0.15, 0.2) is 18.5 Å². The summed E-state index contributed by atoms with van der Waals surface area (Å²) in [6, 6.07) is 1.34. The summed E-state index contributed by atoms with van der Waals surface area (Å²) in [7, 11) is 1.79. The largest absolute Gasteiger partial charge is 0.350 e. The molecule has 2 aromatic heterocycles. The van der Waals surface area contributed by atoms with Crippen molar-refractivity contribution >= 4 is 33.2 Å². The molecule has 1 aliphatic heterocycles. The lowest BCUT2D eigenvalue weighted by Gasteiger charge is -2.30. The number of carbonyl (C=O) groups excluding carboxylic acids is 1. The van der Waals surface area contributed by atoms with Gasteiger partial charge in [0.25, 0.3) is 5.91 Å². The fraction of sp³-hybridized carbons (Fsp3) is 0.417. The fourth-order valence-electron chi connectivity index (χ4n) is 2.35. The summed E-state index contributed by atoms with van der Waals surface area (Å²) in [5.41, 5.74) is 0. The average Bonchev–Trinajstić information content (AvgIpc) is 3.10. The van der Waals surface area contributed by atoms with Crippen molar-refractivity contribution < 1.29 is 9.72 Å². The number of thiazole rings is 1. The van der Waals surface area contributed by atoms with Crippen LogP contribution >= 0.6 is 11.3 Å². The topological polar surface area (TPSA) is 106 Å². The maximum atomic E-state index is 12.5. The van der Waals surface area contributed by atoms with E-state index in [2.05, 4.69) is 15.4 Å². The second-order valence-corrected chi connectivity index (χ2v) is 5.95. The van der Waals surface area contributed by atoms with Gasteiger partial charge >= 0.3 is 5.00 Å². The van der Waals surface area contributed by atoms with Gasteiger partial charge in [0.05, 0.1) is 4.92 Å². The van der Waals surface area contributed by atoms with Crippen molar-refractivity contribution in [2.75, 3.05) is 16.8 Å².